The van der Waals surface area contributed by atoms with Crippen molar-refractivity contribution in [2.45, 2.75) is 32.6 Å². The molecule has 4 heteroatoms. The first kappa shape index (κ1) is 10.9. The van der Waals surface area contributed by atoms with Crippen LogP contribution in [-0.4, -0.2) is 20.0 Å². The highest BCUT2D eigenvalue weighted by atomic mass is 32.2. The molecule has 0 aliphatic rings. The summed E-state index contributed by atoms with van der Waals surface area (Å²) in [6, 6.07) is 0. The molecule has 0 aliphatic carbocycles. The zero-order chi connectivity index (χ0) is 8.74. The second kappa shape index (κ2) is 5.55. The molecule has 0 aliphatic heterocycles. The molecule has 2 N–H and O–H groups in total. The van der Waals surface area contributed by atoms with Gasteiger partial charge in [0.05, 0.1) is 11.6 Å². The molecule has 0 aromatic rings. The van der Waals surface area contributed by atoms with Gasteiger partial charge in [0.15, 0.2) is 9.84 Å². The molecule has 0 aromatic carbocycles. The topological polar surface area (TPSA) is 60.2 Å². The van der Waals surface area contributed by atoms with Crippen LogP contribution in [0.2, 0.25) is 0 Å². The highest BCUT2D eigenvalue weighted by Gasteiger charge is 2.05. The normalized spacial score (nSPS) is 11.8. The van der Waals surface area contributed by atoms with Gasteiger partial charge in [0.2, 0.25) is 0 Å². The van der Waals surface area contributed by atoms with Crippen molar-refractivity contribution in [3.05, 3.63) is 0 Å². The first-order valence-corrected chi connectivity index (χ1v) is 5.85. The molecule has 0 amide bonds. The van der Waals surface area contributed by atoms with Crippen LogP contribution in [0.25, 0.3) is 0 Å². The largest absolute Gasteiger partial charge is 0.318 e. The minimum absolute atomic E-state index is 0.209. The smallest absolute Gasteiger partial charge is 0.163 e. The Morgan fingerprint density at radius 2 is 1.82 bits per heavy atom. The zero-order valence-electron chi connectivity index (χ0n) is 7.04. The lowest BCUT2D eigenvalue weighted by Gasteiger charge is -1.99. The van der Waals surface area contributed by atoms with Crippen LogP contribution in [0.15, 0.2) is 0 Å². The van der Waals surface area contributed by atoms with Gasteiger partial charge in [0.1, 0.15) is 0 Å². The Balaban J connectivity index is 3.39. The van der Waals surface area contributed by atoms with Gasteiger partial charge in [0.25, 0.3) is 0 Å². The molecular formula is C7H17NO2S. The Morgan fingerprint density at radius 1 is 1.18 bits per heavy atom. The van der Waals surface area contributed by atoms with E-state index in [4.69, 9.17) is 5.73 Å². The minimum Gasteiger partial charge on any atom is -0.318 e. The Bertz CT molecular complexity index is 175. The van der Waals surface area contributed by atoms with E-state index in [-0.39, 0.29) is 11.6 Å². The molecule has 68 valence electrons. The number of hydrogen-bond acceptors (Lipinski definition) is 3. The van der Waals surface area contributed by atoms with Crippen molar-refractivity contribution < 1.29 is 8.42 Å². The van der Waals surface area contributed by atoms with Gasteiger partial charge in [-0.1, -0.05) is 26.2 Å². The molecule has 0 rings (SSSR count). The second-order valence-corrected chi connectivity index (χ2v) is 4.90. The van der Waals surface area contributed by atoms with Gasteiger partial charge < -0.3 is 5.73 Å². The number of unbranched alkanes of at least 4 members (excludes halogenated alkanes) is 3. The third-order valence-corrected chi connectivity index (χ3v) is 2.98. The van der Waals surface area contributed by atoms with Gasteiger partial charge in [-0.3, -0.25) is 0 Å². The molecule has 3 nitrogen and oxygen atoms in total. The average molecular weight is 179 g/mol. The van der Waals surface area contributed by atoms with Gasteiger partial charge in [-0.25, -0.2) is 8.42 Å². The predicted octanol–water partition coefficient (Wildman–Crippen LogP) is 0.898. The highest BCUT2D eigenvalue weighted by Crippen LogP contribution is 2.01. The van der Waals surface area contributed by atoms with Crippen LogP contribution >= 0.6 is 0 Å². The minimum atomic E-state index is -2.92. The van der Waals surface area contributed by atoms with E-state index in [1.54, 1.807) is 0 Å². The summed E-state index contributed by atoms with van der Waals surface area (Å²) in [5, 5.41) is 0. The van der Waals surface area contributed by atoms with Crippen LogP contribution in [0.4, 0.5) is 0 Å². The summed E-state index contributed by atoms with van der Waals surface area (Å²) >= 11 is 0. The first-order chi connectivity index (χ1) is 5.12. The van der Waals surface area contributed by atoms with Gasteiger partial charge in [-0.2, -0.15) is 0 Å². The van der Waals surface area contributed by atoms with Crippen molar-refractivity contribution in [1.29, 1.82) is 0 Å². The van der Waals surface area contributed by atoms with Gasteiger partial charge in [-0.05, 0) is 6.42 Å². The number of rotatable bonds is 6. The molecule has 0 spiro atoms. The fourth-order valence-electron chi connectivity index (χ4n) is 0.832. The molecule has 0 radical (unpaired) electrons. The first-order valence-electron chi connectivity index (χ1n) is 4.03. The van der Waals surface area contributed by atoms with E-state index in [0.717, 1.165) is 25.7 Å². The zero-order valence-corrected chi connectivity index (χ0v) is 7.86. The summed E-state index contributed by atoms with van der Waals surface area (Å²) in [7, 11) is -2.92. The van der Waals surface area contributed by atoms with Crippen LogP contribution in [0.3, 0.4) is 0 Å². The van der Waals surface area contributed by atoms with Gasteiger partial charge in [0, 0.05) is 0 Å². The van der Waals surface area contributed by atoms with Crippen LogP contribution in [0, 0.1) is 0 Å². The van der Waals surface area contributed by atoms with E-state index in [1.165, 1.54) is 0 Å². The van der Waals surface area contributed by atoms with E-state index in [9.17, 15) is 8.42 Å². The number of hydrogen-bond donors (Lipinski definition) is 1. The molecule has 0 fully saturated rings. The van der Waals surface area contributed by atoms with E-state index in [1.807, 2.05) is 0 Å². The summed E-state index contributed by atoms with van der Waals surface area (Å²) in [6.07, 6.45) is 3.99. The van der Waals surface area contributed by atoms with Crippen LogP contribution in [0.5, 0.6) is 0 Å². The molecule has 0 heterocycles. The van der Waals surface area contributed by atoms with Gasteiger partial charge >= 0.3 is 0 Å². The Kier molecular flexibility index (Phi) is 5.50. The maximum Gasteiger partial charge on any atom is 0.163 e. The molecule has 0 saturated carbocycles. The molecule has 0 aromatic heterocycles. The fourth-order valence-corrected chi connectivity index (χ4v) is 1.64. The highest BCUT2D eigenvalue weighted by molar-refractivity contribution is 7.91. The molecule has 11 heavy (non-hydrogen) atoms. The fraction of sp³-hybridized carbons (Fsp3) is 1.00. The summed E-state index contributed by atoms with van der Waals surface area (Å²) in [5.74, 6) is 0.0443. The second-order valence-electron chi connectivity index (χ2n) is 2.68. The van der Waals surface area contributed by atoms with Crippen molar-refractivity contribution in [3.8, 4) is 0 Å². The lowest BCUT2D eigenvalue weighted by molar-refractivity contribution is 0.589. The Morgan fingerprint density at radius 3 is 2.27 bits per heavy atom. The maximum atomic E-state index is 10.8. The number of nitrogens with two attached hydrogens (primary N) is 1. The standard InChI is InChI=1S/C7H17NO2S/c1-2-3-4-5-6-11(9,10)7-8/h2-8H2,1H3. The quantitative estimate of drug-likeness (QED) is 0.616. The van der Waals surface area contributed by atoms with Crippen molar-refractivity contribution in [3.63, 3.8) is 0 Å². The third kappa shape index (κ3) is 6.31. The lowest BCUT2D eigenvalue weighted by Crippen LogP contribution is -2.17. The van der Waals surface area contributed by atoms with E-state index >= 15 is 0 Å². The van der Waals surface area contributed by atoms with Crippen molar-refractivity contribution in [1.82, 2.24) is 0 Å². The van der Waals surface area contributed by atoms with E-state index < -0.39 is 9.84 Å². The number of sulfone groups is 1. The van der Waals surface area contributed by atoms with Crippen molar-refractivity contribution in [2.24, 2.45) is 5.73 Å². The Hall–Kier alpha value is -0.0900. The average Bonchev–Trinajstić information content (AvgIpc) is 1.99. The molecule has 0 saturated heterocycles. The molecule has 0 bridgehead atoms. The summed E-state index contributed by atoms with van der Waals surface area (Å²) < 4.78 is 21.7. The van der Waals surface area contributed by atoms with Crippen LogP contribution in [-0.2, 0) is 9.84 Å². The van der Waals surface area contributed by atoms with Crippen LogP contribution < -0.4 is 5.73 Å². The summed E-state index contributed by atoms with van der Waals surface area (Å²) in [4.78, 5) is 0. The van der Waals surface area contributed by atoms with Gasteiger partial charge in [-0.15, -0.1) is 0 Å². The summed E-state index contributed by atoms with van der Waals surface area (Å²) in [6.45, 7) is 2.09. The third-order valence-electron chi connectivity index (χ3n) is 1.56. The lowest BCUT2D eigenvalue weighted by atomic mass is 10.2. The van der Waals surface area contributed by atoms with Crippen molar-refractivity contribution >= 4 is 9.84 Å². The molecule has 0 atom stereocenters. The SMILES string of the molecule is CCCCCCS(=O)(=O)CN. The summed E-state index contributed by atoms with van der Waals surface area (Å²) in [5.41, 5.74) is 5.03. The molecule has 0 unspecified atom stereocenters. The van der Waals surface area contributed by atoms with E-state index in [0.29, 0.717) is 0 Å². The predicted molar refractivity (Wildman–Crippen MR) is 47.0 cm³/mol. The van der Waals surface area contributed by atoms with E-state index in [2.05, 4.69) is 6.92 Å². The Labute approximate surface area is 68.9 Å². The van der Waals surface area contributed by atoms with Crippen molar-refractivity contribution in [2.75, 3.05) is 11.6 Å². The maximum absolute atomic E-state index is 10.8. The monoisotopic (exact) mass is 179 g/mol. The van der Waals surface area contributed by atoms with Crippen LogP contribution in [0.1, 0.15) is 32.6 Å². The molecular weight excluding hydrogens is 162 g/mol.